The maximum Gasteiger partial charge on any atom is 0.402 e. The smallest absolute Gasteiger partial charge is 0.402 e. The van der Waals surface area contributed by atoms with Gasteiger partial charge in [0, 0.05) is 10.4 Å². The second-order valence-corrected chi connectivity index (χ2v) is 6.19. The lowest BCUT2D eigenvalue weighted by atomic mass is 10.1. The molecule has 2 aromatic rings. The van der Waals surface area contributed by atoms with Gasteiger partial charge >= 0.3 is 8.56 Å². The number of hydrogen-bond acceptors (Lipinski definition) is 2. The van der Waals surface area contributed by atoms with Crippen LogP contribution < -0.4 is 10.4 Å². The minimum atomic E-state index is -3.38. The summed E-state index contributed by atoms with van der Waals surface area (Å²) in [6, 6.07) is 15.0. The van der Waals surface area contributed by atoms with Gasteiger partial charge in [-0.15, -0.1) is 0 Å². The van der Waals surface area contributed by atoms with Gasteiger partial charge in [-0.25, -0.2) is 0 Å². The average molecular weight is 214 g/mol. The molecule has 2 aromatic carbocycles. The molecule has 0 radical (unpaired) electrons. The maximum atomic E-state index is 10.2. The molecule has 74 valence electrons. The fourth-order valence-corrected chi connectivity index (χ4v) is 4.32. The molecule has 0 atom stereocenters. The zero-order chi connectivity index (χ0) is 10.5. The highest BCUT2D eigenvalue weighted by molar-refractivity contribution is 6.94. The third-order valence-electron chi connectivity index (χ3n) is 2.90. The van der Waals surface area contributed by atoms with E-state index in [1.807, 2.05) is 48.5 Å². The quantitative estimate of drug-likeness (QED) is 0.615. The van der Waals surface area contributed by atoms with E-state index in [0.717, 1.165) is 11.1 Å². The van der Waals surface area contributed by atoms with Gasteiger partial charge in [-0.05, 0) is 11.1 Å². The van der Waals surface area contributed by atoms with Gasteiger partial charge in [-0.2, -0.15) is 0 Å². The molecule has 0 fully saturated rings. The summed E-state index contributed by atoms with van der Waals surface area (Å²) in [4.78, 5) is 20.4. The first-order valence-electron chi connectivity index (χ1n) is 4.85. The Hall–Kier alpha value is -1.42. The monoisotopic (exact) mass is 214 g/mol. The Balaban J connectivity index is 2.42. The van der Waals surface area contributed by atoms with E-state index >= 15 is 0 Å². The van der Waals surface area contributed by atoms with Crippen molar-refractivity contribution in [2.24, 2.45) is 0 Å². The SMILES string of the molecule is O[Si]1(O)c2ccccc2-c2ccccc21. The lowest BCUT2D eigenvalue weighted by Gasteiger charge is -2.12. The van der Waals surface area contributed by atoms with Gasteiger partial charge in [0.2, 0.25) is 0 Å². The van der Waals surface area contributed by atoms with Crippen LogP contribution in [0.2, 0.25) is 0 Å². The van der Waals surface area contributed by atoms with Gasteiger partial charge in [0.1, 0.15) is 0 Å². The van der Waals surface area contributed by atoms with Crippen molar-refractivity contribution in [2.75, 3.05) is 0 Å². The molecule has 0 bridgehead atoms. The van der Waals surface area contributed by atoms with Gasteiger partial charge < -0.3 is 9.59 Å². The fourth-order valence-electron chi connectivity index (χ4n) is 2.19. The van der Waals surface area contributed by atoms with Crippen molar-refractivity contribution in [1.29, 1.82) is 0 Å². The number of rotatable bonds is 0. The molecule has 1 aliphatic rings. The lowest BCUT2D eigenvalue weighted by molar-refractivity contribution is 0.403. The minimum Gasteiger partial charge on any atom is -0.404 e. The topological polar surface area (TPSA) is 40.5 Å². The van der Waals surface area contributed by atoms with Gasteiger partial charge in [-0.1, -0.05) is 48.5 Å². The Bertz CT molecular complexity index is 487. The highest BCUT2D eigenvalue weighted by Crippen LogP contribution is 2.24. The summed E-state index contributed by atoms with van der Waals surface area (Å²) >= 11 is 0. The summed E-state index contributed by atoms with van der Waals surface area (Å²) in [7, 11) is -3.38. The van der Waals surface area contributed by atoms with E-state index in [1.54, 1.807) is 0 Å². The van der Waals surface area contributed by atoms with Crippen molar-refractivity contribution in [2.45, 2.75) is 0 Å². The molecule has 3 rings (SSSR count). The fraction of sp³-hybridized carbons (Fsp3) is 0. The average Bonchev–Trinajstić information content (AvgIpc) is 2.51. The van der Waals surface area contributed by atoms with Crippen LogP contribution in [0.4, 0.5) is 0 Å². The van der Waals surface area contributed by atoms with E-state index in [2.05, 4.69) is 0 Å². The van der Waals surface area contributed by atoms with Crippen LogP contribution in [0.25, 0.3) is 11.1 Å². The zero-order valence-electron chi connectivity index (χ0n) is 8.01. The first kappa shape index (κ1) is 8.85. The third-order valence-corrected chi connectivity index (χ3v) is 5.27. The Morgan fingerprint density at radius 1 is 0.667 bits per heavy atom. The molecule has 0 spiro atoms. The van der Waals surface area contributed by atoms with Gasteiger partial charge in [0.05, 0.1) is 0 Å². The molecule has 1 aliphatic heterocycles. The van der Waals surface area contributed by atoms with Crippen molar-refractivity contribution in [3.05, 3.63) is 48.5 Å². The van der Waals surface area contributed by atoms with Crippen molar-refractivity contribution in [1.82, 2.24) is 0 Å². The highest BCUT2D eigenvalue weighted by Gasteiger charge is 2.44. The predicted octanol–water partition coefficient (Wildman–Crippen LogP) is 0.208. The molecule has 0 unspecified atom stereocenters. The van der Waals surface area contributed by atoms with Gasteiger partial charge in [-0.3, -0.25) is 0 Å². The van der Waals surface area contributed by atoms with Crippen LogP contribution in [0, 0.1) is 0 Å². The number of fused-ring (bicyclic) bond motifs is 3. The Morgan fingerprint density at radius 3 is 1.53 bits per heavy atom. The van der Waals surface area contributed by atoms with E-state index in [-0.39, 0.29) is 0 Å². The van der Waals surface area contributed by atoms with E-state index < -0.39 is 8.56 Å². The van der Waals surface area contributed by atoms with Crippen LogP contribution in [-0.2, 0) is 0 Å². The van der Waals surface area contributed by atoms with E-state index in [9.17, 15) is 9.59 Å². The number of hydrogen-bond donors (Lipinski definition) is 2. The molecular weight excluding hydrogens is 204 g/mol. The van der Waals surface area contributed by atoms with Crippen molar-refractivity contribution < 1.29 is 9.59 Å². The molecule has 1 heterocycles. The summed E-state index contributed by atoms with van der Waals surface area (Å²) < 4.78 is 0. The van der Waals surface area contributed by atoms with Crippen LogP contribution in [0.15, 0.2) is 48.5 Å². The molecule has 0 aliphatic carbocycles. The first-order chi connectivity index (χ1) is 7.21. The lowest BCUT2D eigenvalue weighted by Crippen LogP contribution is -2.55. The predicted molar refractivity (Wildman–Crippen MR) is 61.3 cm³/mol. The van der Waals surface area contributed by atoms with Crippen LogP contribution >= 0.6 is 0 Å². The second kappa shape index (κ2) is 2.79. The summed E-state index contributed by atoms with van der Waals surface area (Å²) in [5.41, 5.74) is 1.93. The zero-order valence-corrected chi connectivity index (χ0v) is 9.01. The molecule has 0 saturated carbocycles. The van der Waals surface area contributed by atoms with Gasteiger partial charge in [0.15, 0.2) is 0 Å². The molecule has 3 heteroatoms. The minimum absolute atomic E-state index is 0.700. The summed E-state index contributed by atoms with van der Waals surface area (Å²) in [5.74, 6) is 0. The van der Waals surface area contributed by atoms with Crippen molar-refractivity contribution in [3.8, 4) is 11.1 Å². The molecule has 15 heavy (non-hydrogen) atoms. The maximum absolute atomic E-state index is 10.2. The normalized spacial score (nSPS) is 15.9. The van der Waals surface area contributed by atoms with E-state index in [0.29, 0.717) is 10.4 Å². The van der Waals surface area contributed by atoms with E-state index in [1.165, 1.54) is 0 Å². The summed E-state index contributed by atoms with van der Waals surface area (Å²) in [6.07, 6.45) is 0. The molecular formula is C12H10O2Si. The molecule has 0 amide bonds. The highest BCUT2D eigenvalue weighted by atomic mass is 28.4. The largest absolute Gasteiger partial charge is 0.404 e. The Kier molecular flexibility index (Phi) is 1.65. The Labute approximate surface area is 88.7 Å². The summed E-state index contributed by atoms with van der Waals surface area (Å²) in [6.45, 7) is 0. The van der Waals surface area contributed by atoms with Crippen LogP contribution in [0.5, 0.6) is 0 Å². The van der Waals surface area contributed by atoms with Crippen LogP contribution in [0.3, 0.4) is 0 Å². The molecule has 2 N–H and O–H groups in total. The van der Waals surface area contributed by atoms with Crippen LogP contribution in [0.1, 0.15) is 0 Å². The molecule has 2 nitrogen and oxygen atoms in total. The van der Waals surface area contributed by atoms with Crippen molar-refractivity contribution >= 4 is 18.9 Å². The Morgan fingerprint density at radius 2 is 1.07 bits per heavy atom. The van der Waals surface area contributed by atoms with Gasteiger partial charge in [0.25, 0.3) is 0 Å². The van der Waals surface area contributed by atoms with Crippen LogP contribution in [-0.4, -0.2) is 18.2 Å². The standard InChI is InChI=1S/C12H10O2Si/c13-15(14)11-7-3-1-5-9(11)10-6-2-4-8-12(10)15/h1-8,13-14H. The second-order valence-electron chi connectivity index (χ2n) is 3.76. The molecule has 0 saturated heterocycles. The first-order valence-corrected chi connectivity index (χ1v) is 6.75. The van der Waals surface area contributed by atoms with Crippen molar-refractivity contribution in [3.63, 3.8) is 0 Å². The third kappa shape index (κ3) is 1.05. The molecule has 0 aromatic heterocycles. The summed E-state index contributed by atoms with van der Waals surface area (Å²) in [5, 5.41) is 1.40. The van der Waals surface area contributed by atoms with E-state index in [4.69, 9.17) is 0 Å². The number of benzene rings is 2.